The summed E-state index contributed by atoms with van der Waals surface area (Å²) in [6, 6.07) is 7.37. The number of nitrogens with two attached hydrogens (primary N) is 1. The second-order valence-electron chi connectivity index (χ2n) is 2.55. The zero-order valence-electron chi connectivity index (χ0n) is 7.44. The minimum atomic E-state index is -0.784. The lowest BCUT2D eigenvalue weighted by Crippen LogP contribution is -2.12. The summed E-state index contributed by atoms with van der Waals surface area (Å²) in [5.41, 5.74) is 5.66. The number of hydrogen-bond acceptors (Lipinski definition) is 2. The molecule has 14 heavy (non-hydrogen) atoms. The molecule has 3 nitrogen and oxygen atoms in total. The number of amides is 1. The van der Waals surface area contributed by atoms with Crippen LogP contribution in [0.3, 0.4) is 0 Å². The van der Waals surface area contributed by atoms with Crippen LogP contribution in [0.5, 0.6) is 0 Å². The molecule has 0 aromatic heterocycles. The number of hydrogen-bond donors (Lipinski definition) is 1. The van der Waals surface area contributed by atoms with Gasteiger partial charge in [0, 0.05) is 5.02 Å². The normalized spacial score (nSPS) is 10.4. The summed E-state index contributed by atoms with van der Waals surface area (Å²) in [6.45, 7) is 0.153. The number of benzene rings is 1. The SMILES string of the molecule is NC(=O)OC/C=C/c1ccccc1Cl. The van der Waals surface area contributed by atoms with Gasteiger partial charge in [-0.05, 0) is 17.7 Å². The van der Waals surface area contributed by atoms with Crippen molar-refractivity contribution < 1.29 is 9.53 Å². The summed E-state index contributed by atoms with van der Waals surface area (Å²) in [5, 5.41) is 0.655. The van der Waals surface area contributed by atoms with E-state index >= 15 is 0 Å². The van der Waals surface area contributed by atoms with Crippen molar-refractivity contribution in [2.45, 2.75) is 0 Å². The van der Waals surface area contributed by atoms with Crippen molar-refractivity contribution in [3.63, 3.8) is 0 Å². The molecule has 0 heterocycles. The summed E-state index contributed by atoms with van der Waals surface area (Å²) in [4.78, 5) is 10.2. The van der Waals surface area contributed by atoms with Gasteiger partial charge in [0.2, 0.25) is 0 Å². The van der Waals surface area contributed by atoms with Gasteiger partial charge < -0.3 is 10.5 Å². The maximum atomic E-state index is 10.2. The van der Waals surface area contributed by atoms with Gasteiger partial charge in [0.25, 0.3) is 0 Å². The van der Waals surface area contributed by atoms with Gasteiger partial charge in [-0.1, -0.05) is 35.9 Å². The number of halogens is 1. The largest absolute Gasteiger partial charge is 0.445 e. The number of carbonyl (C=O) groups is 1. The molecule has 0 atom stereocenters. The molecule has 0 bridgehead atoms. The Morgan fingerprint density at radius 1 is 1.50 bits per heavy atom. The quantitative estimate of drug-likeness (QED) is 0.835. The van der Waals surface area contributed by atoms with Crippen LogP contribution < -0.4 is 5.73 Å². The highest BCUT2D eigenvalue weighted by molar-refractivity contribution is 6.32. The van der Waals surface area contributed by atoms with Gasteiger partial charge in [-0.2, -0.15) is 0 Å². The smallest absolute Gasteiger partial charge is 0.404 e. The van der Waals surface area contributed by atoms with Crippen molar-refractivity contribution in [2.24, 2.45) is 5.73 Å². The van der Waals surface area contributed by atoms with Crippen molar-refractivity contribution in [3.8, 4) is 0 Å². The summed E-state index contributed by atoms with van der Waals surface area (Å²) in [6.07, 6.45) is 2.66. The fourth-order valence-electron chi connectivity index (χ4n) is 0.916. The van der Waals surface area contributed by atoms with E-state index in [2.05, 4.69) is 4.74 Å². The van der Waals surface area contributed by atoms with E-state index in [9.17, 15) is 4.79 Å². The molecule has 2 N–H and O–H groups in total. The molecule has 0 fully saturated rings. The Kier molecular flexibility index (Phi) is 4.01. The van der Waals surface area contributed by atoms with Gasteiger partial charge in [0.05, 0.1) is 0 Å². The molecule has 0 aliphatic rings. The van der Waals surface area contributed by atoms with Crippen LogP contribution in [-0.4, -0.2) is 12.7 Å². The predicted molar refractivity (Wildman–Crippen MR) is 56.0 cm³/mol. The van der Waals surface area contributed by atoms with Crippen LogP contribution in [0.15, 0.2) is 30.3 Å². The fourth-order valence-corrected chi connectivity index (χ4v) is 1.11. The van der Waals surface area contributed by atoms with E-state index < -0.39 is 6.09 Å². The first-order chi connectivity index (χ1) is 6.70. The number of primary amides is 1. The van der Waals surface area contributed by atoms with Crippen LogP contribution in [0, 0.1) is 0 Å². The minimum absolute atomic E-state index is 0.153. The highest BCUT2D eigenvalue weighted by atomic mass is 35.5. The van der Waals surface area contributed by atoms with E-state index in [4.69, 9.17) is 17.3 Å². The number of carbonyl (C=O) groups excluding carboxylic acids is 1. The molecule has 1 rings (SSSR count). The molecular formula is C10H10ClNO2. The molecule has 0 aliphatic carbocycles. The lowest BCUT2D eigenvalue weighted by molar-refractivity contribution is 0.169. The van der Waals surface area contributed by atoms with Crippen molar-refractivity contribution in [2.75, 3.05) is 6.61 Å². The van der Waals surface area contributed by atoms with Gasteiger partial charge in [-0.15, -0.1) is 0 Å². The second kappa shape index (κ2) is 5.29. The van der Waals surface area contributed by atoms with E-state index in [0.29, 0.717) is 5.02 Å². The molecule has 1 aromatic rings. The van der Waals surface area contributed by atoms with Crippen molar-refractivity contribution >= 4 is 23.8 Å². The zero-order chi connectivity index (χ0) is 10.4. The minimum Gasteiger partial charge on any atom is -0.445 e. The van der Waals surface area contributed by atoms with Crippen molar-refractivity contribution in [1.82, 2.24) is 0 Å². The highest BCUT2D eigenvalue weighted by Gasteiger charge is 1.93. The Labute approximate surface area is 87.1 Å². The van der Waals surface area contributed by atoms with Crippen LogP contribution >= 0.6 is 11.6 Å². The molecule has 1 amide bonds. The summed E-state index contributed by atoms with van der Waals surface area (Å²) >= 11 is 5.88. The number of ether oxygens (including phenoxy) is 1. The van der Waals surface area contributed by atoms with Gasteiger partial charge in [0.15, 0.2) is 0 Å². The third-order valence-electron chi connectivity index (χ3n) is 1.52. The van der Waals surface area contributed by atoms with Gasteiger partial charge >= 0.3 is 6.09 Å². The van der Waals surface area contributed by atoms with Crippen molar-refractivity contribution in [1.29, 1.82) is 0 Å². The van der Waals surface area contributed by atoms with Crippen LogP contribution in [0.4, 0.5) is 4.79 Å². The topological polar surface area (TPSA) is 52.3 Å². The third-order valence-corrected chi connectivity index (χ3v) is 1.87. The van der Waals surface area contributed by atoms with E-state index in [1.54, 1.807) is 18.2 Å². The Bertz CT molecular complexity index is 350. The lowest BCUT2D eigenvalue weighted by Gasteiger charge is -1.97. The predicted octanol–water partition coefficient (Wildman–Crippen LogP) is 2.45. The molecule has 0 radical (unpaired) electrons. The van der Waals surface area contributed by atoms with Crippen LogP contribution in [0.25, 0.3) is 6.08 Å². The van der Waals surface area contributed by atoms with Gasteiger partial charge in [0.1, 0.15) is 6.61 Å². The molecule has 0 spiro atoms. The fraction of sp³-hybridized carbons (Fsp3) is 0.100. The van der Waals surface area contributed by atoms with Crippen LogP contribution in [-0.2, 0) is 4.74 Å². The average molecular weight is 212 g/mol. The molecule has 0 saturated carbocycles. The van der Waals surface area contributed by atoms with E-state index in [-0.39, 0.29) is 6.61 Å². The lowest BCUT2D eigenvalue weighted by atomic mass is 10.2. The van der Waals surface area contributed by atoms with Crippen LogP contribution in [0.2, 0.25) is 5.02 Å². The van der Waals surface area contributed by atoms with Crippen LogP contribution in [0.1, 0.15) is 5.56 Å². The maximum absolute atomic E-state index is 10.2. The molecule has 0 unspecified atom stereocenters. The first-order valence-electron chi connectivity index (χ1n) is 4.03. The van der Waals surface area contributed by atoms with Gasteiger partial charge in [-0.25, -0.2) is 4.79 Å². The first-order valence-corrected chi connectivity index (χ1v) is 4.41. The van der Waals surface area contributed by atoms with E-state index in [1.165, 1.54) is 0 Å². The molecule has 1 aromatic carbocycles. The second-order valence-corrected chi connectivity index (χ2v) is 2.96. The molecule has 4 heteroatoms. The third kappa shape index (κ3) is 3.49. The maximum Gasteiger partial charge on any atom is 0.404 e. The van der Waals surface area contributed by atoms with Gasteiger partial charge in [-0.3, -0.25) is 0 Å². The van der Waals surface area contributed by atoms with Crippen molar-refractivity contribution in [3.05, 3.63) is 40.9 Å². The molecular weight excluding hydrogens is 202 g/mol. The molecule has 74 valence electrons. The summed E-state index contributed by atoms with van der Waals surface area (Å²) in [5.74, 6) is 0. The van der Waals surface area contributed by atoms with E-state index in [0.717, 1.165) is 5.56 Å². The zero-order valence-corrected chi connectivity index (χ0v) is 8.20. The monoisotopic (exact) mass is 211 g/mol. The first kappa shape index (κ1) is 10.6. The average Bonchev–Trinajstić information content (AvgIpc) is 2.15. The Balaban J connectivity index is 2.52. The standard InChI is InChI=1S/C10H10ClNO2/c11-9-6-2-1-4-8(9)5-3-7-14-10(12)13/h1-6H,7H2,(H2,12,13)/b5-3+. The molecule has 0 saturated heterocycles. The highest BCUT2D eigenvalue weighted by Crippen LogP contribution is 2.15. The number of rotatable bonds is 3. The summed E-state index contributed by atoms with van der Waals surface area (Å²) in [7, 11) is 0. The van der Waals surface area contributed by atoms with E-state index in [1.807, 2.05) is 18.2 Å². The Morgan fingerprint density at radius 2 is 2.21 bits per heavy atom. The summed E-state index contributed by atoms with van der Waals surface area (Å²) < 4.78 is 4.51. The molecule has 0 aliphatic heterocycles. The Hall–Kier alpha value is -1.48. The Morgan fingerprint density at radius 3 is 2.86 bits per heavy atom.